The standard InChI is InChI=1S/C11H11N3O3/c1-14(2)11-12-9(17-13-11)7-3-5-8(6-4-7)10(15)16/h3-6H,1-2H3,(H,15,16). The molecule has 2 rings (SSSR count). The first-order valence-electron chi connectivity index (χ1n) is 4.92. The Bertz CT molecular complexity index is 531. The van der Waals surface area contributed by atoms with Gasteiger partial charge >= 0.3 is 5.97 Å². The molecule has 0 saturated carbocycles. The Morgan fingerprint density at radius 3 is 2.41 bits per heavy atom. The number of benzene rings is 1. The van der Waals surface area contributed by atoms with Crippen LogP contribution in [0.3, 0.4) is 0 Å². The molecule has 0 radical (unpaired) electrons. The molecule has 0 aliphatic heterocycles. The van der Waals surface area contributed by atoms with Gasteiger partial charge in [-0.2, -0.15) is 4.98 Å². The molecule has 6 nitrogen and oxygen atoms in total. The van der Waals surface area contributed by atoms with E-state index in [0.29, 0.717) is 17.4 Å². The SMILES string of the molecule is CN(C)c1noc(-c2ccc(C(=O)O)cc2)n1. The van der Waals surface area contributed by atoms with Crippen LogP contribution in [-0.2, 0) is 0 Å². The van der Waals surface area contributed by atoms with Crippen molar-refractivity contribution in [3.05, 3.63) is 29.8 Å². The average molecular weight is 233 g/mol. The molecule has 88 valence electrons. The smallest absolute Gasteiger partial charge is 0.335 e. The number of aromatic carboxylic acids is 1. The van der Waals surface area contributed by atoms with Gasteiger partial charge in [0.25, 0.3) is 11.8 Å². The lowest BCUT2D eigenvalue weighted by Crippen LogP contribution is -2.10. The maximum absolute atomic E-state index is 10.7. The summed E-state index contributed by atoms with van der Waals surface area (Å²) in [7, 11) is 3.62. The number of carboxylic acid groups (broad SMARTS) is 1. The van der Waals surface area contributed by atoms with Gasteiger partial charge in [-0.3, -0.25) is 0 Å². The van der Waals surface area contributed by atoms with Gasteiger partial charge in [-0.1, -0.05) is 0 Å². The lowest BCUT2D eigenvalue weighted by Gasteiger charge is -2.02. The van der Waals surface area contributed by atoms with Gasteiger partial charge in [0.2, 0.25) is 0 Å². The predicted molar refractivity (Wildman–Crippen MR) is 61.0 cm³/mol. The monoisotopic (exact) mass is 233 g/mol. The second-order valence-electron chi connectivity index (χ2n) is 3.68. The highest BCUT2D eigenvalue weighted by Crippen LogP contribution is 2.19. The van der Waals surface area contributed by atoms with E-state index in [-0.39, 0.29) is 5.56 Å². The molecule has 1 N–H and O–H groups in total. The van der Waals surface area contributed by atoms with E-state index in [0.717, 1.165) is 0 Å². The summed E-state index contributed by atoms with van der Waals surface area (Å²) in [5.41, 5.74) is 0.914. The summed E-state index contributed by atoms with van der Waals surface area (Å²) < 4.78 is 5.06. The normalized spacial score (nSPS) is 10.2. The second kappa shape index (κ2) is 4.25. The Morgan fingerprint density at radius 2 is 1.94 bits per heavy atom. The van der Waals surface area contributed by atoms with Gasteiger partial charge in [0.05, 0.1) is 5.56 Å². The first-order valence-corrected chi connectivity index (χ1v) is 4.92. The van der Waals surface area contributed by atoms with E-state index >= 15 is 0 Å². The number of carboxylic acids is 1. The van der Waals surface area contributed by atoms with Gasteiger partial charge in [-0.05, 0) is 29.4 Å². The Morgan fingerprint density at radius 1 is 1.29 bits per heavy atom. The molecule has 0 unspecified atom stereocenters. The van der Waals surface area contributed by atoms with Crippen LogP contribution < -0.4 is 4.90 Å². The Balaban J connectivity index is 2.30. The van der Waals surface area contributed by atoms with Crippen molar-refractivity contribution in [2.45, 2.75) is 0 Å². The third-order valence-corrected chi connectivity index (χ3v) is 2.19. The van der Waals surface area contributed by atoms with Crippen molar-refractivity contribution < 1.29 is 14.4 Å². The van der Waals surface area contributed by atoms with Crippen molar-refractivity contribution in [2.75, 3.05) is 19.0 Å². The number of anilines is 1. The molecule has 1 aromatic heterocycles. The fraction of sp³-hybridized carbons (Fsp3) is 0.182. The van der Waals surface area contributed by atoms with Crippen molar-refractivity contribution in [1.29, 1.82) is 0 Å². The zero-order valence-electron chi connectivity index (χ0n) is 9.41. The fourth-order valence-corrected chi connectivity index (χ4v) is 1.27. The summed E-state index contributed by atoms with van der Waals surface area (Å²) in [5, 5.41) is 12.5. The summed E-state index contributed by atoms with van der Waals surface area (Å²) in [4.78, 5) is 16.6. The molecule has 1 heterocycles. The molecule has 6 heteroatoms. The van der Waals surface area contributed by atoms with Gasteiger partial charge < -0.3 is 14.5 Å². The van der Waals surface area contributed by atoms with Gasteiger partial charge in [-0.15, -0.1) is 0 Å². The largest absolute Gasteiger partial charge is 0.478 e. The maximum atomic E-state index is 10.7. The minimum absolute atomic E-state index is 0.223. The van der Waals surface area contributed by atoms with Crippen LogP contribution in [0.1, 0.15) is 10.4 Å². The lowest BCUT2D eigenvalue weighted by molar-refractivity contribution is 0.0697. The van der Waals surface area contributed by atoms with E-state index in [1.54, 1.807) is 17.0 Å². The number of carbonyl (C=O) groups is 1. The minimum Gasteiger partial charge on any atom is -0.478 e. The highest BCUT2D eigenvalue weighted by atomic mass is 16.5. The lowest BCUT2D eigenvalue weighted by atomic mass is 10.1. The Labute approximate surface area is 97.5 Å². The number of hydrogen-bond donors (Lipinski definition) is 1. The molecule has 17 heavy (non-hydrogen) atoms. The topological polar surface area (TPSA) is 79.5 Å². The molecule has 0 spiro atoms. The van der Waals surface area contributed by atoms with Gasteiger partial charge in [-0.25, -0.2) is 4.79 Å². The van der Waals surface area contributed by atoms with Gasteiger partial charge in [0.1, 0.15) is 0 Å². The van der Waals surface area contributed by atoms with Crippen LogP contribution in [0.15, 0.2) is 28.8 Å². The van der Waals surface area contributed by atoms with Gasteiger partial charge in [0, 0.05) is 19.7 Å². The Hall–Kier alpha value is -2.37. The zero-order chi connectivity index (χ0) is 12.4. The molecular weight excluding hydrogens is 222 g/mol. The average Bonchev–Trinajstić information content (AvgIpc) is 2.78. The third-order valence-electron chi connectivity index (χ3n) is 2.19. The summed E-state index contributed by atoms with van der Waals surface area (Å²) >= 11 is 0. The zero-order valence-corrected chi connectivity index (χ0v) is 9.41. The number of hydrogen-bond acceptors (Lipinski definition) is 5. The molecule has 2 aromatic rings. The molecule has 0 aliphatic rings. The quantitative estimate of drug-likeness (QED) is 0.865. The first kappa shape index (κ1) is 11.1. The Kier molecular flexibility index (Phi) is 2.78. The van der Waals surface area contributed by atoms with E-state index in [1.165, 1.54) is 12.1 Å². The van der Waals surface area contributed by atoms with Crippen molar-refractivity contribution in [3.8, 4) is 11.5 Å². The summed E-state index contributed by atoms with van der Waals surface area (Å²) in [6.45, 7) is 0. The predicted octanol–water partition coefficient (Wildman–Crippen LogP) is 1.50. The summed E-state index contributed by atoms with van der Waals surface area (Å²) in [5.74, 6) is -0.121. The maximum Gasteiger partial charge on any atom is 0.335 e. The number of aromatic nitrogens is 2. The van der Waals surface area contributed by atoms with Crippen molar-refractivity contribution in [1.82, 2.24) is 10.1 Å². The first-order chi connectivity index (χ1) is 8.08. The summed E-state index contributed by atoms with van der Waals surface area (Å²) in [6, 6.07) is 6.27. The molecule has 0 amide bonds. The van der Waals surface area contributed by atoms with Crippen molar-refractivity contribution >= 4 is 11.9 Å². The van der Waals surface area contributed by atoms with Crippen LogP contribution >= 0.6 is 0 Å². The molecule has 0 saturated heterocycles. The van der Waals surface area contributed by atoms with E-state index in [2.05, 4.69) is 10.1 Å². The van der Waals surface area contributed by atoms with Crippen LogP contribution in [0.2, 0.25) is 0 Å². The molecule has 0 atom stereocenters. The van der Waals surface area contributed by atoms with E-state index < -0.39 is 5.97 Å². The van der Waals surface area contributed by atoms with Crippen molar-refractivity contribution in [3.63, 3.8) is 0 Å². The van der Waals surface area contributed by atoms with Crippen LogP contribution in [0.25, 0.3) is 11.5 Å². The van der Waals surface area contributed by atoms with Crippen LogP contribution in [0.5, 0.6) is 0 Å². The van der Waals surface area contributed by atoms with Gasteiger partial charge in [0.15, 0.2) is 0 Å². The van der Waals surface area contributed by atoms with E-state index in [1.807, 2.05) is 14.1 Å². The molecular formula is C11H11N3O3. The number of rotatable bonds is 3. The molecule has 0 bridgehead atoms. The van der Waals surface area contributed by atoms with E-state index in [4.69, 9.17) is 9.63 Å². The highest BCUT2D eigenvalue weighted by Gasteiger charge is 2.10. The van der Waals surface area contributed by atoms with E-state index in [9.17, 15) is 4.79 Å². The van der Waals surface area contributed by atoms with Crippen LogP contribution in [0, 0.1) is 0 Å². The summed E-state index contributed by atoms with van der Waals surface area (Å²) in [6.07, 6.45) is 0. The molecule has 0 aliphatic carbocycles. The number of nitrogens with zero attached hydrogens (tertiary/aromatic N) is 3. The van der Waals surface area contributed by atoms with Crippen molar-refractivity contribution in [2.24, 2.45) is 0 Å². The minimum atomic E-state index is -0.962. The second-order valence-corrected chi connectivity index (χ2v) is 3.68. The fourth-order valence-electron chi connectivity index (χ4n) is 1.27. The molecule has 0 fully saturated rings. The van der Waals surface area contributed by atoms with Crippen LogP contribution in [-0.4, -0.2) is 35.3 Å². The molecule has 1 aromatic carbocycles. The highest BCUT2D eigenvalue weighted by molar-refractivity contribution is 5.88. The third kappa shape index (κ3) is 2.25. The van der Waals surface area contributed by atoms with Crippen LogP contribution in [0.4, 0.5) is 5.95 Å².